The van der Waals surface area contributed by atoms with Crippen molar-refractivity contribution in [1.82, 2.24) is 14.8 Å². The Balaban J connectivity index is 1.53. The number of hydrogen-bond donors (Lipinski definition) is 1. The Labute approximate surface area is 188 Å². The van der Waals surface area contributed by atoms with Gasteiger partial charge in [-0.25, -0.2) is 0 Å². The summed E-state index contributed by atoms with van der Waals surface area (Å²) < 4.78 is 12.5. The molecule has 0 aliphatic carbocycles. The van der Waals surface area contributed by atoms with E-state index in [0.29, 0.717) is 22.3 Å². The molecule has 1 amide bonds. The Kier molecular flexibility index (Phi) is 6.54. The van der Waals surface area contributed by atoms with Crippen LogP contribution in [0.3, 0.4) is 0 Å². The van der Waals surface area contributed by atoms with Crippen LogP contribution < -0.4 is 14.8 Å². The Morgan fingerprint density at radius 2 is 1.77 bits per heavy atom. The van der Waals surface area contributed by atoms with E-state index in [0.717, 1.165) is 16.4 Å². The second kappa shape index (κ2) is 9.67. The number of rotatable bonds is 8. The van der Waals surface area contributed by atoms with E-state index in [9.17, 15) is 4.79 Å². The number of amides is 1. The zero-order valence-electron chi connectivity index (χ0n) is 16.9. The Morgan fingerprint density at radius 1 is 1.03 bits per heavy atom. The molecule has 0 unspecified atom stereocenters. The van der Waals surface area contributed by atoms with Crippen molar-refractivity contribution < 1.29 is 14.3 Å². The third-order valence-electron chi connectivity index (χ3n) is 4.36. The first-order valence-electron chi connectivity index (χ1n) is 9.38. The molecule has 1 N–H and O–H groups in total. The van der Waals surface area contributed by atoms with Gasteiger partial charge in [0, 0.05) is 29.6 Å². The normalized spacial score (nSPS) is 10.6. The molecule has 9 heteroatoms. The summed E-state index contributed by atoms with van der Waals surface area (Å²) in [6, 6.07) is 19.1. The summed E-state index contributed by atoms with van der Waals surface area (Å²) in [7, 11) is 3.13. The average Bonchev–Trinajstić information content (AvgIpc) is 3.47. The van der Waals surface area contributed by atoms with Crippen molar-refractivity contribution in [1.29, 1.82) is 0 Å². The molecule has 0 atom stereocenters. The van der Waals surface area contributed by atoms with Crippen LogP contribution in [0.15, 0.2) is 71.2 Å². The van der Waals surface area contributed by atoms with E-state index in [1.807, 2.05) is 52.4 Å². The van der Waals surface area contributed by atoms with E-state index in [1.54, 1.807) is 43.8 Å². The molecule has 0 radical (unpaired) electrons. The molecule has 0 aliphatic heterocycles. The maximum Gasteiger partial charge on any atom is 0.234 e. The van der Waals surface area contributed by atoms with Crippen molar-refractivity contribution in [3.05, 3.63) is 66.0 Å². The number of benzene rings is 2. The Hall–Kier alpha value is -3.30. The van der Waals surface area contributed by atoms with Gasteiger partial charge in [-0.3, -0.25) is 9.36 Å². The van der Waals surface area contributed by atoms with Gasteiger partial charge in [0.15, 0.2) is 11.0 Å². The van der Waals surface area contributed by atoms with E-state index < -0.39 is 0 Å². The predicted octanol–water partition coefficient (Wildman–Crippen LogP) is 4.74. The highest BCUT2D eigenvalue weighted by Gasteiger charge is 2.18. The highest BCUT2D eigenvalue weighted by Crippen LogP contribution is 2.31. The number of thiophene rings is 1. The molecule has 158 valence electrons. The Bertz CT molecular complexity index is 1140. The molecule has 7 nitrogen and oxygen atoms in total. The number of ether oxygens (including phenoxy) is 2. The van der Waals surface area contributed by atoms with Gasteiger partial charge in [0.25, 0.3) is 0 Å². The third-order valence-corrected chi connectivity index (χ3v) is 6.15. The summed E-state index contributed by atoms with van der Waals surface area (Å²) in [6.07, 6.45) is 0. The first-order valence-corrected chi connectivity index (χ1v) is 11.2. The van der Waals surface area contributed by atoms with Gasteiger partial charge in [-0.1, -0.05) is 36.0 Å². The number of nitrogens with zero attached hydrogens (tertiary/aromatic N) is 3. The van der Waals surface area contributed by atoms with Crippen LogP contribution in [0.2, 0.25) is 0 Å². The lowest BCUT2D eigenvalue weighted by atomic mass is 10.2. The highest BCUT2D eigenvalue weighted by atomic mass is 32.2. The average molecular weight is 453 g/mol. The number of para-hydroxylation sites is 1. The minimum absolute atomic E-state index is 0.166. The van der Waals surface area contributed by atoms with Crippen molar-refractivity contribution in [3.63, 3.8) is 0 Å². The van der Waals surface area contributed by atoms with Crippen LogP contribution in [0.5, 0.6) is 11.5 Å². The second-order valence-electron chi connectivity index (χ2n) is 6.39. The number of methoxy groups -OCH3 is 2. The smallest absolute Gasteiger partial charge is 0.234 e. The SMILES string of the molecule is COc1cc(NC(=O)CSc2nnc(-c3cccs3)n2-c2ccccc2)cc(OC)c1. The first-order chi connectivity index (χ1) is 15.2. The van der Waals surface area contributed by atoms with Gasteiger partial charge in [0.2, 0.25) is 5.91 Å². The topological polar surface area (TPSA) is 78.3 Å². The van der Waals surface area contributed by atoms with Crippen molar-refractivity contribution in [2.24, 2.45) is 0 Å². The lowest BCUT2D eigenvalue weighted by molar-refractivity contribution is -0.113. The van der Waals surface area contributed by atoms with Gasteiger partial charge >= 0.3 is 0 Å². The molecule has 0 fully saturated rings. The van der Waals surface area contributed by atoms with Gasteiger partial charge in [0.05, 0.1) is 24.8 Å². The van der Waals surface area contributed by atoms with E-state index in [4.69, 9.17) is 9.47 Å². The molecular weight excluding hydrogens is 432 g/mol. The molecule has 2 heterocycles. The molecule has 0 spiro atoms. The summed E-state index contributed by atoms with van der Waals surface area (Å²) in [4.78, 5) is 13.6. The summed E-state index contributed by atoms with van der Waals surface area (Å²) in [5.74, 6) is 1.97. The van der Waals surface area contributed by atoms with Gasteiger partial charge in [-0.2, -0.15) is 0 Å². The van der Waals surface area contributed by atoms with E-state index in [-0.39, 0.29) is 11.7 Å². The van der Waals surface area contributed by atoms with Gasteiger partial charge in [-0.15, -0.1) is 21.5 Å². The van der Waals surface area contributed by atoms with Crippen LogP contribution in [0.1, 0.15) is 0 Å². The van der Waals surface area contributed by atoms with Crippen molar-refractivity contribution in [2.75, 3.05) is 25.3 Å². The molecule has 4 aromatic rings. The van der Waals surface area contributed by atoms with E-state index in [1.165, 1.54) is 11.8 Å². The number of carbonyl (C=O) groups excluding carboxylic acids is 1. The van der Waals surface area contributed by atoms with E-state index in [2.05, 4.69) is 15.5 Å². The largest absolute Gasteiger partial charge is 0.497 e. The molecule has 0 bridgehead atoms. The number of aromatic nitrogens is 3. The van der Waals surface area contributed by atoms with Crippen molar-refractivity contribution in [3.8, 4) is 27.9 Å². The summed E-state index contributed by atoms with van der Waals surface area (Å²) in [6.45, 7) is 0. The zero-order chi connectivity index (χ0) is 21.6. The lowest BCUT2D eigenvalue weighted by Crippen LogP contribution is -2.14. The molecule has 2 aromatic carbocycles. The minimum atomic E-state index is -0.166. The van der Waals surface area contributed by atoms with Gasteiger partial charge < -0.3 is 14.8 Å². The summed E-state index contributed by atoms with van der Waals surface area (Å²) in [5, 5.41) is 14.3. The molecule has 0 aliphatic rings. The monoisotopic (exact) mass is 452 g/mol. The van der Waals surface area contributed by atoms with E-state index >= 15 is 0 Å². The fraction of sp³-hybridized carbons (Fsp3) is 0.136. The standard InChI is InChI=1S/C22H20N4O3S2/c1-28-17-11-15(12-18(13-17)29-2)23-20(27)14-31-22-25-24-21(19-9-6-10-30-19)26(22)16-7-4-3-5-8-16/h3-13H,14H2,1-2H3,(H,23,27). The van der Waals surface area contributed by atoms with Gasteiger partial charge in [-0.05, 0) is 23.6 Å². The molecule has 0 saturated carbocycles. The predicted molar refractivity (Wildman–Crippen MR) is 124 cm³/mol. The number of nitrogens with one attached hydrogen (secondary N) is 1. The minimum Gasteiger partial charge on any atom is -0.497 e. The fourth-order valence-corrected chi connectivity index (χ4v) is 4.40. The van der Waals surface area contributed by atoms with Crippen LogP contribution in [0.4, 0.5) is 5.69 Å². The summed E-state index contributed by atoms with van der Waals surface area (Å²) in [5.41, 5.74) is 1.54. The van der Waals surface area contributed by atoms with Crippen LogP contribution in [-0.2, 0) is 4.79 Å². The van der Waals surface area contributed by atoms with Crippen LogP contribution in [0.25, 0.3) is 16.4 Å². The lowest BCUT2D eigenvalue weighted by Gasteiger charge is -2.11. The molecule has 2 aromatic heterocycles. The maximum absolute atomic E-state index is 12.6. The van der Waals surface area contributed by atoms with Crippen LogP contribution in [-0.4, -0.2) is 40.6 Å². The highest BCUT2D eigenvalue weighted by molar-refractivity contribution is 7.99. The maximum atomic E-state index is 12.6. The van der Waals surface area contributed by atoms with Crippen LogP contribution in [0, 0.1) is 0 Å². The van der Waals surface area contributed by atoms with Crippen molar-refractivity contribution in [2.45, 2.75) is 5.16 Å². The summed E-state index contributed by atoms with van der Waals surface area (Å²) >= 11 is 2.92. The molecule has 0 saturated heterocycles. The molecule has 31 heavy (non-hydrogen) atoms. The van der Waals surface area contributed by atoms with Gasteiger partial charge in [0.1, 0.15) is 11.5 Å². The third kappa shape index (κ3) is 4.89. The Morgan fingerprint density at radius 3 is 2.42 bits per heavy atom. The quantitative estimate of drug-likeness (QED) is 0.389. The molecule has 4 rings (SSSR count). The molecular formula is C22H20N4O3S2. The first kappa shape index (κ1) is 21.0. The second-order valence-corrected chi connectivity index (χ2v) is 8.28. The zero-order valence-corrected chi connectivity index (χ0v) is 18.6. The van der Waals surface area contributed by atoms with Crippen LogP contribution >= 0.6 is 23.1 Å². The fourth-order valence-electron chi connectivity index (χ4n) is 2.95. The number of hydrogen-bond acceptors (Lipinski definition) is 7. The number of anilines is 1. The number of carbonyl (C=O) groups is 1. The van der Waals surface area contributed by atoms with Crippen molar-refractivity contribution >= 4 is 34.7 Å². The number of thioether (sulfide) groups is 1.